The fraction of sp³-hybridized carbons (Fsp3) is 0.750. The topological polar surface area (TPSA) is 37.3 Å². The van der Waals surface area contributed by atoms with Crippen molar-refractivity contribution in [2.24, 2.45) is 23.7 Å². The molecule has 0 radical (unpaired) electrons. The third kappa shape index (κ3) is 4.81. The van der Waals surface area contributed by atoms with Crippen molar-refractivity contribution in [3.05, 3.63) is 23.8 Å². The van der Waals surface area contributed by atoms with E-state index in [9.17, 15) is 9.90 Å². The van der Waals surface area contributed by atoms with Crippen molar-refractivity contribution in [2.45, 2.75) is 71.8 Å². The van der Waals surface area contributed by atoms with Crippen molar-refractivity contribution in [3.63, 3.8) is 0 Å². The van der Waals surface area contributed by atoms with Gasteiger partial charge in [0.15, 0.2) is 0 Å². The Bertz CT molecular complexity index is 435. The van der Waals surface area contributed by atoms with Gasteiger partial charge in [0, 0.05) is 6.42 Å². The first-order valence-electron chi connectivity index (χ1n) is 9.04. The van der Waals surface area contributed by atoms with E-state index in [4.69, 9.17) is 0 Å². The highest BCUT2D eigenvalue weighted by Gasteiger charge is 2.33. The van der Waals surface area contributed by atoms with Gasteiger partial charge in [0.1, 0.15) is 5.78 Å². The minimum absolute atomic E-state index is 0.226. The Morgan fingerprint density at radius 1 is 1.32 bits per heavy atom. The van der Waals surface area contributed by atoms with Crippen LogP contribution in [0.5, 0.6) is 0 Å². The summed E-state index contributed by atoms with van der Waals surface area (Å²) in [6, 6.07) is 0. The average Bonchev–Trinajstić information content (AvgIpc) is 2.46. The summed E-state index contributed by atoms with van der Waals surface area (Å²) in [6.07, 6.45) is 13.7. The zero-order valence-electron chi connectivity index (χ0n) is 14.4. The second kappa shape index (κ2) is 8.10. The molecule has 0 aromatic rings. The Labute approximate surface area is 135 Å². The highest BCUT2D eigenvalue weighted by atomic mass is 16.3. The number of Topliss-reactive ketones (excluding diaryl/α,β-unsaturated/α-hetero) is 1. The third-order valence-corrected chi connectivity index (χ3v) is 5.52. The van der Waals surface area contributed by atoms with Gasteiger partial charge in [-0.2, -0.15) is 0 Å². The van der Waals surface area contributed by atoms with Crippen LogP contribution in [0.25, 0.3) is 0 Å². The van der Waals surface area contributed by atoms with Crippen LogP contribution in [0.1, 0.15) is 65.7 Å². The van der Waals surface area contributed by atoms with Crippen molar-refractivity contribution < 1.29 is 9.90 Å². The fourth-order valence-electron chi connectivity index (χ4n) is 4.14. The van der Waals surface area contributed by atoms with E-state index in [1.165, 1.54) is 18.4 Å². The Morgan fingerprint density at radius 2 is 2.09 bits per heavy atom. The van der Waals surface area contributed by atoms with Crippen LogP contribution in [0.3, 0.4) is 0 Å². The summed E-state index contributed by atoms with van der Waals surface area (Å²) >= 11 is 0. The van der Waals surface area contributed by atoms with Gasteiger partial charge < -0.3 is 9.90 Å². The number of hydrogen-bond acceptors (Lipinski definition) is 2. The zero-order chi connectivity index (χ0) is 16.1. The van der Waals surface area contributed by atoms with E-state index in [1.807, 2.05) is 0 Å². The minimum Gasteiger partial charge on any atom is -0.393 e. The van der Waals surface area contributed by atoms with E-state index < -0.39 is 0 Å². The molecule has 4 unspecified atom stereocenters. The molecule has 0 aromatic carbocycles. The molecular formula is C20H32O2. The third-order valence-electron chi connectivity index (χ3n) is 5.52. The Hall–Kier alpha value is -0.890. The Morgan fingerprint density at radius 3 is 2.82 bits per heavy atom. The normalized spacial score (nSPS) is 32.3. The van der Waals surface area contributed by atoms with Gasteiger partial charge in [0.2, 0.25) is 0 Å². The molecule has 2 aliphatic rings. The smallest absolute Gasteiger partial charge is 0.129 e. The van der Waals surface area contributed by atoms with Gasteiger partial charge in [-0.25, -0.2) is 0 Å². The van der Waals surface area contributed by atoms with Crippen LogP contribution in [0.2, 0.25) is 0 Å². The average molecular weight is 304 g/mol. The second-order valence-electron chi connectivity index (χ2n) is 7.54. The maximum absolute atomic E-state index is 11.0. The molecule has 124 valence electrons. The van der Waals surface area contributed by atoms with Crippen LogP contribution in [0.4, 0.5) is 0 Å². The summed E-state index contributed by atoms with van der Waals surface area (Å²) < 4.78 is 0. The van der Waals surface area contributed by atoms with Crippen molar-refractivity contribution >= 4 is 5.78 Å². The summed E-state index contributed by atoms with van der Waals surface area (Å²) in [7, 11) is 0. The number of ketones is 1. The summed E-state index contributed by atoms with van der Waals surface area (Å²) in [5.74, 6) is 2.92. The van der Waals surface area contributed by atoms with E-state index in [-0.39, 0.29) is 11.9 Å². The molecule has 0 aliphatic heterocycles. The van der Waals surface area contributed by atoms with Gasteiger partial charge in [0.25, 0.3) is 0 Å². The SMILES string of the molecule is CC(=O)CCCC(O)CCC1C(C)C=CC2=C[C@H](C)CCC21. The molecule has 0 saturated carbocycles. The largest absolute Gasteiger partial charge is 0.393 e. The monoisotopic (exact) mass is 304 g/mol. The molecule has 0 aromatic heterocycles. The number of rotatable bonds is 7. The first-order chi connectivity index (χ1) is 10.5. The molecule has 2 aliphatic carbocycles. The lowest BCUT2D eigenvalue weighted by Gasteiger charge is -2.38. The number of fused-ring (bicyclic) bond motifs is 1. The standard InChI is InChI=1S/C20H32O2/c1-14-7-11-20-17(13-14)9-8-15(2)19(20)12-10-18(22)6-4-5-16(3)21/h8-9,13-15,18-20,22H,4-7,10-12H2,1-3H3/t14-,15?,18?,19?,20?/m1/s1. The summed E-state index contributed by atoms with van der Waals surface area (Å²) in [5, 5.41) is 10.2. The van der Waals surface area contributed by atoms with Crippen LogP contribution in [0.15, 0.2) is 23.8 Å². The first kappa shape index (κ1) is 17.5. The molecule has 2 rings (SSSR count). The van der Waals surface area contributed by atoms with Gasteiger partial charge in [-0.15, -0.1) is 0 Å². The van der Waals surface area contributed by atoms with E-state index in [0.717, 1.165) is 25.7 Å². The zero-order valence-corrected chi connectivity index (χ0v) is 14.4. The van der Waals surface area contributed by atoms with Crippen LogP contribution in [0, 0.1) is 23.7 Å². The molecule has 0 spiro atoms. The molecule has 1 N–H and O–H groups in total. The van der Waals surface area contributed by atoms with Crippen molar-refractivity contribution in [2.75, 3.05) is 0 Å². The first-order valence-corrected chi connectivity index (χ1v) is 9.04. The van der Waals surface area contributed by atoms with Gasteiger partial charge in [-0.1, -0.05) is 32.1 Å². The van der Waals surface area contributed by atoms with Gasteiger partial charge >= 0.3 is 0 Å². The molecule has 2 heteroatoms. The molecule has 5 atom stereocenters. The van der Waals surface area contributed by atoms with Crippen molar-refractivity contribution in [3.8, 4) is 0 Å². The molecule has 2 nitrogen and oxygen atoms in total. The lowest BCUT2D eigenvalue weighted by atomic mass is 9.66. The highest BCUT2D eigenvalue weighted by Crippen LogP contribution is 2.43. The van der Waals surface area contributed by atoms with E-state index in [1.54, 1.807) is 6.92 Å². The van der Waals surface area contributed by atoms with Crippen molar-refractivity contribution in [1.29, 1.82) is 0 Å². The maximum Gasteiger partial charge on any atom is 0.129 e. The lowest BCUT2D eigenvalue weighted by Crippen LogP contribution is -2.29. The molecule has 22 heavy (non-hydrogen) atoms. The summed E-state index contributed by atoms with van der Waals surface area (Å²) in [5.41, 5.74) is 1.54. The molecule has 0 bridgehead atoms. The number of hydrogen-bond donors (Lipinski definition) is 1. The molecular weight excluding hydrogens is 272 g/mol. The quantitative estimate of drug-likeness (QED) is 0.741. The van der Waals surface area contributed by atoms with E-state index in [2.05, 4.69) is 32.1 Å². The Balaban J connectivity index is 1.85. The highest BCUT2D eigenvalue weighted by molar-refractivity contribution is 5.75. The van der Waals surface area contributed by atoms with E-state index >= 15 is 0 Å². The van der Waals surface area contributed by atoms with E-state index in [0.29, 0.717) is 30.1 Å². The van der Waals surface area contributed by atoms with Crippen LogP contribution in [-0.2, 0) is 4.79 Å². The predicted octanol–water partition coefficient (Wildman–Crippen LogP) is 4.68. The fourth-order valence-corrected chi connectivity index (χ4v) is 4.14. The van der Waals surface area contributed by atoms with Gasteiger partial charge in [-0.05, 0) is 74.7 Å². The number of aliphatic hydroxyl groups is 1. The molecule has 0 fully saturated rings. The number of aliphatic hydroxyl groups excluding tert-OH is 1. The maximum atomic E-state index is 11.0. The van der Waals surface area contributed by atoms with Crippen LogP contribution >= 0.6 is 0 Å². The Kier molecular flexibility index (Phi) is 6.43. The number of allylic oxidation sites excluding steroid dienone is 4. The molecule has 0 saturated heterocycles. The minimum atomic E-state index is -0.243. The summed E-state index contributed by atoms with van der Waals surface area (Å²) in [4.78, 5) is 11.0. The molecule has 0 amide bonds. The van der Waals surface area contributed by atoms with Gasteiger partial charge in [-0.3, -0.25) is 0 Å². The molecule has 0 heterocycles. The number of carbonyl (C=O) groups is 1. The van der Waals surface area contributed by atoms with Crippen molar-refractivity contribution in [1.82, 2.24) is 0 Å². The van der Waals surface area contributed by atoms with Crippen LogP contribution in [-0.4, -0.2) is 17.0 Å². The van der Waals surface area contributed by atoms with Gasteiger partial charge in [0.05, 0.1) is 6.10 Å². The summed E-state index contributed by atoms with van der Waals surface area (Å²) in [6.45, 7) is 6.25. The predicted molar refractivity (Wildman–Crippen MR) is 91.5 cm³/mol. The second-order valence-corrected chi connectivity index (χ2v) is 7.54. The number of carbonyl (C=O) groups excluding carboxylic acids is 1. The lowest BCUT2D eigenvalue weighted by molar-refractivity contribution is -0.117. The van der Waals surface area contributed by atoms with Crippen LogP contribution < -0.4 is 0 Å².